The standard InChI is InChI=1S/C23H24N2O4/c1-28-22-14-19(21(25(26)27)15-23(22)29-2)16-24-20(18-11-7-4-8-12-18)13-17-9-5-3-6-10-17/h3-12,14-15,20,24H,13,16H2,1-2H3/p+1/t20-/m1/s1. The van der Waals surface area contributed by atoms with Gasteiger partial charge in [0, 0.05) is 12.0 Å². The predicted octanol–water partition coefficient (Wildman–Crippen LogP) is 3.66. The van der Waals surface area contributed by atoms with Crippen molar-refractivity contribution in [2.45, 2.75) is 19.0 Å². The molecule has 0 aromatic heterocycles. The smallest absolute Gasteiger partial charge is 0.282 e. The Morgan fingerprint density at radius 1 is 0.931 bits per heavy atom. The van der Waals surface area contributed by atoms with Gasteiger partial charge in [0.05, 0.1) is 30.8 Å². The van der Waals surface area contributed by atoms with Crippen LogP contribution in [0.1, 0.15) is 22.7 Å². The van der Waals surface area contributed by atoms with E-state index in [2.05, 4.69) is 29.6 Å². The minimum Gasteiger partial charge on any atom is -0.493 e. The van der Waals surface area contributed by atoms with Crippen molar-refractivity contribution in [2.24, 2.45) is 0 Å². The third-order valence-electron chi connectivity index (χ3n) is 4.93. The number of hydrogen-bond donors (Lipinski definition) is 1. The average Bonchev–Trinajstić information content (AvgIpc) is 2.77. The lowest BCUT2D eigenvalue weighted by Crippen LogP contribution is -2.84. The maximum Gasteiger partial charge on any atom is 0.282 e. The Kier molecular flexibility index (Phi) is 6.81. The second-order valence-electron chi connectivity index (χ2n) is 6.74. The van der Waals surface area contributed by atoms with E-state index in [9.17, 15) is 10.1 Å². The Bertz CT molecular complexity index is 946. The maximum absolute atomic E-state index is 11.6. The van der Waals surface area contributed by atoms with E-state index in [0.717, 1.165) is 6.42 Å². The van der Waals surface area contributed by atoms with Crippen molar-refractivity contribution in [3.63, 3.8) is 0 Å². The lowest BCUT2D eigenvalue weighted by molar-refractivity contribution is -0.711. The first kappa shape index (κ1) is 20.4. The zero-order valence-corrected chi connectivity index (χ0v) is 16.6. The number of nitro groups is 1. The molecule has 150 valence electrons. The number of nitrogens with two attached hydrogens (primary N) is 1. The molecule has 0 spiro atoms. The first-order valence-corrected chi connectivity index (χ1v) is 9.44. The molecular formula is C23H25N2O4+. The second kappa shape index (κ2) is 9.71. The Morgan fingerprint density at radius 3 is 2.10 bits per heavy atom. The summed E-state index contributed by atoms with van der Waals surface area (Å²) in [6.07, 6.45) is 0.825. The fraction of sp³-hybridized carbons (Fsp3) is 0.217. The monoisotopic (exact) mass is 393 g/mol. The Morgan fingerprint density at radius 2 is 1.52 bits per heavy atom. The van der Waals surface area contributed by atoms with E-state index in [1.165, 1.54) is 31.4 Å². The summed E-state index contributed by atoms with van der Waals surface area (Å²) in [5.74, 6) is 0.840. The number of nitro benzene ring substituents is 1. The molecule has 1 atom stereocenters. The Hall–Kier alpha value is -3.38. The van der Waals surface area contributed by atoms with Crippen LogP contribution in [0.3, 0.4) is 0 Å². The molecule has 3 aromatic carbocycles. The van der Waals surface area contributed by atoms with Gasteiger partial charge >= 0.3 is 0 Å². The fourth-order valence-electron chi connectivity index (χ4n) is 3.42. The van der Waals surface area contributed by atoms with Crippen molar-refractivity contribution in [3.8, 4) is 11.5 Å². The molecule has 3 aromatic rings. The van der Waals surface area contributed by atoms with Crippen LogP contribution in [0.4, 0.5) is 5.69 Å². The third-order valence-corrected chi connectivity index (χ3v) is 4.93. The highest BCUT2D eigenvalue weighted by Crippen LogP contribution is 2.34. The number of hydrogen-bond acceptors (Lipinski definition) is 4. The number of nitrogens with zero attached hydrogens (tertiary/aromatic N) is 1. The lowest BCUT2D eigenvalue weighted by atomic mass is 9.98. The summed E-state index contributed by atoms with van der Waals surface area (Å²) in [5.41, 5.74) is 3.03. The van der Waals surface area contributed by atoms with Crippen LogP contribution in [0.5, 0.6) is 11.5 Å². The van der Waals surface area contributed by atoms with Gasteiger partial charge in [0.15, 0.2) is 11.5 Å². The molecule has 0 amide bonds. The van der Waals surface area contributed by atoms with Gasteiger partial charge in [0.2, 0.25) is 0 Å². The molecule has 0 aliphatic carbocycles. The normalized spacial score (nSPS) is 11.7. The molecule has 6 heteroatoms. The Balaban J connectivity index is 1.88. The molecule has 0 bridgehead atoms. The fourth-order valence-corrected chi connectivity index (χ4v) is 3.42. The minimum atomic E-state index is -0.375. The van der Waals surface area contributed by atoms with Crippen molar-refractivity contribution in [2.75, 3.05) is 14.2 Å². The summed E-state index contributed by atoms with van der Waals surface area (Å²) in [6, 6.07) is 23.7. The van der Waals surface area contributed by atoms with Gasteiger partial charge in [-0.15, -0.1) is 0 Å². The van der Waals surface area contributed by atoms with Crippen LogP contribution in [0.25, 0.3) is 0 Å². The van der Waals surface area contributed by atoms with Gasteiger partial charge in [-0.05, 0) is 11.6 Å². The van der Waals surface area contributed by atoms with Gasteiger partial charge in [0.1, 0.15) is 12.6 Å². The van der Waals surface area contributed by atoms with E-state index in [0.29, 0.717) is 23.6 Å². The van der Waals surface area contributed by atoms with E-state index < -0.39 is 0 Å². The van der Waals surface area contributed by atoms with E-state index in [-0.39, 0.29) is 16.7 Å². The molecular weight excluding hydrogens is 368 g/mol. The summed E-state index contributed by atoms with van der Waals surface area (Å²) < 4.78 is 10.6. The summed E-state index contributed by atoms with van der Waals surface area (Å²) >= 11 is 0. The summed E-state index contributed by atoms with van der Waals surface area (Å²) in [5, 5.41) is 13.7. The highest BCUT2D eigenvalue weighted by atomic mass is 16.6. The van der Waals surface area contributed by atoms with Crippen molar-refractivity contribution in [3.05, 3.63) is 99.6 Å². The molecule has 0 saturated heterocycles. The molecule has 0 saturated carbocycles. The number of ether oxygens (including phenoxy) is 2. The van der Waals surface area contributed by atoms with E-state index in [1.54, 1.807) is 6.07 Å². The molecule has 0 fully saturated rings. The third kappa shape index (κ3) is 5.12. The number of benzene rings is 3. The first-order chi connectivity index (χ1) is 14.1. The van der Waals surface area contributed by atoms with E-state index >= 15 is 0 Å². The zero-order valence-electron chi connectivity index (χ0n) is 16.6. The van der Waals surface area contributed by atoms with E-state index in [1.807, 2.05) is 36.4 Å². The van der Waals surface area contributed by atoms with Crippen LogP contribution >= 0.6 is 0 Å². The molecule has 0 radical (unpaired) electrons. The van der Waals surface area contributed by atoms with Gasteiger partial charge in [-0.3, -0.25) is 10.1 Å². The van der Waals surface area contributed by atoms with Crippen LogP contribution in [0, 0.1) is 10.1 Å². The number of rotatable bonds is 9. The van der Waals surface area contributed by atoms with Crippen molar-refractivity contribution >= 4 is 5.69 Å². The highest BCUT2D eigenvalue weighted by molar-refractivity contribution is 5.54. The van der Waals surface area contributed by atoms with Gasteiger partial charge in [-0.2, -0.15) is 0 Å². The number of quaternary nitrogens is 1. The SMILES string of the molecule is COc1cc(C[NH2+][C@H](Cc2ccccc2)c2ccccc2)c([N+](=O)[O-])cc1OC. The van der Waals surface area contributed by atoms with Gasteiger partial charge < -0.3 is 14.8 Å². The van der Waals surface area contributed by atoms with Gasteiger partial charge in [-0.1, -0.05) is 60.7 Å². The van der Waals surface area contributed by atoms with Crippen LogP contribution in [0.2, 0.25) is 0 Å². The van der Waals surface area contributed by atoms with Crippen LogP contribution < -0.4 is 14.8 Å². The molecule has 29 heavy (non-hydrogen) atoms. The highest BCUT2D eigenvalue weighted by Gasteiger charge is 2.23. The largest absolute Gasteiger partial charge is 0.493 e. The molecule has 0 heterocycles. The predicted molar refractivity (Wildman–Crippen MR) is 111 cm³/mol. The molecule has 2 N–H and O–H groups in total. The van der Waals surface area contributed by atoms with Gasteiger partial charge in [0.25, 0.3) is 5.69 Å². The summed E-state index contributed by atoms with van der Waals surface area (Å²) in [6.45, 7) is 0.447. The van der Waals surface area contributed by atoms with Gasteiger partial charge in [-0.25, -0.2) is 0 Å². The Labute approximate surface area is 170 Å². The average molecular weight is 393 g/mol. The van der Waals surface area contributed by atoms with Crippen LogP contribution in [0.15, 0.2) is 72.8 Å². The van der Waals surface area contributed by atoms with Crippen molar-refractivity contribution < 1.29 is 19.7 Å². The van der Waals surface area contributed by atoms with Crippen molar-refractivity contribution in [1.82, 2.24) is 0 Å². The molecule has 3 rings (SSSR count). The first-order valence-electron chi connectivity index (χ1n) is 9.44. The molecule has 0 aliphatic heterocycles. The maximum atomic E-state index is 11.6. The minimum absolute atomic E-state index is 0.0328. The van der Waals surface area contributed by atoms with E-state index in [4.69, 9.17) is 9.47 Å². The quantitative estimate of drug-likeness (QED) is 0.445. The van der Waals surface area contributed by atoms with Crippen LogP contribution in [-0.4, -0.2) is 19.1 Å². The number of methoxy groups -OCH3 is 2. The van der Waals surface area contributed by atoms with Crippen LogP contribution in [-0.2, 0) is 13.0 Å². The second-order valence-corrected chi connectivity index (χ2v) is 6.74. The molecule has 6 nitrogen and oxygen atoms in total. The molecule has 0 unspecified atom stereocenters. The topological polar surface area (TPSA) is 78.2 Å². The summed E-state index contributed by atoms with van der Waals surface area (Å²) in [7, 11) is 3.00. The lowest BCUT2D eigenvalue weighted by Gasteiger charge is -2.17. The zero-order chi connectivity index (χ0) is 20.6. The van der Waals surface area contributed by atoms with Crippen molar-refractivity contribution in [1.29, 1.82) is 0 Å². The molecule has 0 aliphatic rings. The summed E-state index contributed by atoms with van der Waals surface area (Å²) in [4.78, 5) is 11.2.